The Balaban J connectivity index is 1.10. The maximum atomic E-state index is 12.2. The van der Waals surface area contributed by atoms with Crippen LogP contribution in [0.4, 0.5) is 0 Å². The standard InChI is InChI=1S/C42H72O10/c1-24(9-14-35(39(4,5)48)52-37-20-26(45)18-28(51-37)23-49-36-19-25(44)17-27(22-43)50-36)29-15-16-40(6)32-12-10-30-31(11-13-33(46)38(30,2)3)42(32,8)34(47)21-41(29,40)7/h10,24-29,31-37,43-48H,9,11-23H2,1-8H3/t24-,25+,26+,27+,28+,29?,31?,32+,33+,34-,35-,36?,37+,40+,41-,42+/m1/s1. The lowest BCUT2D eigenvalue weighted by molar-refractivity contribution is -0.279. The molecule has 3 saturated carbocycles. The smallest absolute Gasteiger partial charge is 0.161 e. The summed E-state index contributed by atoms with van der Waals surface area (Å²) in [4.78, 5) is 0. The van der Waals surface area contributed by atoms with Crippen molar-refractivity contribution in [3.63, 3.8) is 0 Å². The fourth-order valence-electron chi connectivity index (χ4n) is 12.6. The van der Waals surface area contributed by atoms with Crippen LogP contribution in [-0.2, 0) is 18.9 Å². The Kier molecular flexibility index (Phi) is 11.8. The fourth-order valence-corrected chi connectivity index (χ4v) is 12.6. The van der Waals surface area contributed by atoms with Crippen LogP contribution < -0.4 is 0 Å². The molecule has 0 aromatic rings. The lowest BCUT2D eigenvalue weighted by atomic mass is 9.38. The van der Waals surface area contributed by atoms with Gasteiger partial charge in [0, 0.05) is 36.5 Å². The van der Waals surface area contributed by atoms with Crippen LogP contribution in [0.15, 0.2) is 11.6 Å². The maximum absolute atomic E-state index is 12.2. The summed E-state index contributed by atoms with van der Waals surface area (Å²) in [5, 5.41) is 64.9. The average Bonchev–Trinajstić information content (AvgIpc) is 3.33. The monoisotopic (exact) mass is 737 g/mol. The number of aliphatic hydroxyl groups excluding tert-OH is 5. The summed E-state index contributed by atoms with van der Waals surface area (Å²) in [6.07, 6.45) is 6.22. The van der Waals surface area contributed by atoms with Gasteiger partial charge in [0.2, 0.25) is 0 Å². The molecular weight excluding hydrogens is 664 g/mol. The first kappa shape index (κ1) is 41.0. The summed E-state index contributed by atoms with van der Waals surface area (Å²) in [6.45, 7) is 17.5. The van der Waals surface area contributed by atoms with Crippen molar-refractivity contribution in [2.24, 2.45) is 45.3 Å². The van der Waals surface area contributed by atoms with E-state index in [0.29, 0.717) is 55.8 Å². The van der Waals surface area contributed by atoms with E-state index < -0.39 is 54.8 Å². The van der Waals surface area contributed by atoms with E-state index >= 15 is 0 Å². The van der Waals surface area contributed by atoms with Gasteiger partial charge in [0.15, 0.2) is 12.6 Å². The van der Waals surface area contributed by atoms with Crippen molar-refractivity contribution >= 4 is 0 Å². The van der Waals surface area contributed by atoms with E-state index in [-0.39, 0.29) is 41.0 Å². The molecule has 3 unspecified atom stereocenters. The van der Waals surface area contributed by atoms with Gasteiger partial charge < -0.3 is 49.6 Å². The number of ether oxygens (including phenoxy) is 4. The molecule has 10 nitrogen and oxygen atoms in total. The third-order valence-electron chi connectivity index (χ3n) is 16.0. The molecule has 6 N–H and O–H groups in total. The molecule has 5 fully saturated rings. The van der Waals surface area contributed by atoms with Gasteiger partial charge in [-0.15, -0.1) is 0 Å². The van der Waals surface area contributed by atoms with Gasteiger partial charge in [0.1, 0.15) is 0 Å². The topological polar surface area (TPSA) is 158 Å². The summed E-state index contributed by atoms with van der Waals surface area (Å²) < 4.78 is 24.4. The highest BCUT2D eigenvalue weighted by Crippen LogP contribution is 2.75. The Bertz CT molecular complexity index is 1270. The van der Waals surface area contributed by atoms with Crippen molar-refractivity contribution in [3.8, 4) is 0 Å². The van der Waals surface area contributed by atoms with Crippen LogP contribution in [0.25, 0.3) is 0 Å². The van der Waals surface area contributed by atoms with Crippen LogP contribution in [0.3, 0.4) is 0 Å². The molecule has 0 amide bonds. The second-order valence-corrected chi connectivity index (χ2v) is 19.9. The summed E-state index contributed by atoms with van der Waals surface area (Å²) in [5.41, 5.74) is -0.203. The van der Waals surface area contributed by atoms with Gasteiger partial charge in [-0.1, -0.05) is 53.2 Å². The summed E-state index contributed by atoms with van der Waals surface area (Å²) >= 11 is 0. The number of rotatable bonds is 11. The Hall–Kier alpha value is -0.660. The highest BCUT2D eigenvalue weighted by molar-refractivity contribution is 5.31. The van der Waals surface area contributed by atoms with Crippen molar-refractivity contribution in [1.29, 1.82) is 0 Å². The zero-order chi connectivity index (χ0) is 38.0. The van der Waals surface area contributed by atoms with E-state index in [4.69, 9.17) is 18.9 Å². The van der Waals surface area contributed by atoms with E-state index in [1.165, 1.54) is 5.57 Å². The van der Waals surface area contributed by atoms with Gasteiger partial charge in [-0.2, -0.15) is 0 Å². The Morgan fingerprint density at radius 2 is 1.50 bits per heavy atom. The first-order valence-electron chi connectivity index (χ1n) is 20.6. The predicted molar refractivity (Wildman–Crippen MR) is 197 cm³/mol. The van der Waals surface area contributed by atoms with Crippen LogP contribution in [0.2, 0.25) is 0 Å². The molecule has 2 saturated heterocycles. The second-order valence-electron chi connectivity index (χ2n) is 19.9. The molecule has 6 aliphatic rings. The highest BCUT2D eigenvalue weighted by Gasteiger charge is 2.70. The molecule has 0 radical (unpaired) electrons. The minimum Gasteiger partial charge on any atom is -0.394 e. The minimum atomic E-state index is -1.13. The SMILES string of the molecule is C[C@H](CC[C@@H](O[C@H]1C[C@@H](O)C[C@@H](COC2C[C@@H](O)C[C@@H](CO)O2)O1)C(C)(C)O)C1CC[C@@]2(C)[C@@H]3CC=C4C(CC[C@H](O)C4(C)C)[C@]3(C)[C@H](O)C[C@]12C. The third kappa shape index (κ3) is 7.34. The number of hydrogen-bond acceptors (Lipinski definition) is 10. The van der Waals surface area contributed by atoms with Crippen LogP contribution in [0.1, 0.15) is 132 Å². The van der Waals surface area contributed by atoms with E-state index in [2.05, 4.69) is 47.6 Å². The Morgan fingerprint density at radius 1 is 0.846 bits per heavy atom. The molecule has 16 atom stereocenters. The number of hydrogen-bond donors (Lipinski definition) is 6. The predicted octanol–water partition coefficient (Wildman–Crippen LogP) is 5.24. The summed E-state index contributed by atoms with van der Waals surface area (Å²) in [7, 11) is 0. The lowest BCUT2D eigenvalue weighted by Crippen LogP contribution is -2.64. The summed E-state index contributed by atoms with van der Waals surface area (Å²) in [5.74, 6) is 1.44. The number of allylic oxidation sites excluding steroid dienone is 1. The Morgan fingerprint density at radius 3 is 2.17 bits per heavy atom. The van der Waals surface area contributed by atoms with Crippen LogP contribution >= 0.6 is 0 Å². The van der Waals surface area contributed by atoms with Crippen molar-refractivity contribution < 1.29 is 49.6 Å². The van der Waals surface area contributed by atoms with Gasteiger partial charge in [-0.3, -0.25) is 0 Å². The second kappa shape index (κ2) is 15.0. The largest absolute Gasteiger partial charge is 0.394 e. The van der Waals surface area contributed by atoms with Crippen LogP contribution in [0, 0.1) is 45.3 Å². The number of aliphatic hydroxyl groups is 6. The molecule has 4 aliphatic carbocycles. The quantitative estimate of drug-likeness (QED) is 0.155. The molecule has 10 heteroatoms. The third-order valence-corrected chi connectivity index (χ3v) is 16.0. The van der Waals surface area contributed by atoms with E-state index in [1.54, 1.807) is 13.8 Å². The number of fused-ring (bicyclic) bond motifs is 5. The van der Waals surface area contributed by atoms with Gasteiger partial charge in [-0.05, 0) is 99.7 Å². The van der Waals surface area contributed by atoms with E-state index in [1.807, 2.05) is 0 Å². The summed E-state index contributed by atoms with van der Waals surface area (Å²) in [6, 6.07) is 0. The molecule has 0 aromatic heterocycles. The molecule has 0 spiro atoms. The molecule has 300 valence electrons. The molecule has 2 aliphatic heterocycles. The van der Waals surface area contributed by atoms with Gasteiger partial charge in [0.25, 0.3) is 0 Å². The molecule has 2 heterocycles. The lowest BCUT2D eigenvalue weighted by Gasteiger charge is -2.67. The molecule has 0 bridgehead atoms. The average molecular weight is 737 g/mol. The van der Waals surface area contributed by atoms with E-state index in [9.17, 15) is 30.6 Å². The maximum Gasteiger partial charge on any atom is 0.161 e. The van der Waals surface area contributed by atoms with Crippen molar-refractivity contribution in [2.75, 3.05) is 13.2 Å². The minimum absolute atomic E-state index is 0.0325. The Labute approximate surface area is 312 Å². The molecular formula is C42H72O10. The normalized spacial score (nSPS) is 47.5. The first-order chi connectivity index (χ1) is 24.2. The van der Waals surface area contributed by atoms with Gasteiger partial charge in [0.05, 0.1) is 61.5 Å². The van der Waals surface area contributed by atoms with Crippen molar-refractivity contribution in [3.05, 3.63) is 11.6 Å². The zero-order valence-corrected chi connectivity index (χ0v) is 33.3. The molecule has 0 aromatic carbocycles. The van der Waals surface area contributed by atoms with Crippen LogP contribution in [0.5, 0.6) is 0 Å². The van der Waals surface area contributed by atoms with Crippen LogP contribution in [-0.4, -0.2) is 105 Å². The van der Waals surface area contributed by atoms with Gasteiger partial charge in [-0.25, -0.2) is 0 Å². The molecule has 52 heavy (non-hydrogen) atoms. The van der Waals surface area contributed by atoms with Crippen molar-refractivity contribution in [2.45, 2.75) is 193 Å². The van der Waals surface area contributed by atoms with Gasteiger partial charge >= 0.3 is 0 Å². The van der Waals surface area contributed by atoms with E-state index in [0.717, 1.165) is 44.9 Å². The first-order valence-corrected chi connectivity index (χ1v) is 20.6. The van der Waals surface area contributed by atoms with Crippen molar-refractivity contribution in [1.82, 2.24) is 0 Å². The highest BCUT2D eigenvalue weighted by atomic mass is 16.7. The zero-order valence-electron chi connectivity index (χ0n) is 33.3. The fraction of sp³-hybridized carbons (Fsp3) is 0.952. The molecule has 6 rings (SSSR count).